The molecule has 4 heteroatoms. The normalized spacial score (nSPS) is 11.1. The fraction of sp³-hybridized carbons (Fsp3) is 0.0278. The van der Waals surface area contributed by atoms with Crippen LogP contribution < -0.4 is 19.6 Å². The number of hydrogen-bond acceptors (Lipinski definition) is 4. The monoisotopic (exact) mass is 1890 g/mol. The lowest BCUT2D eigenvalue weighted by Gasteiger charge is -2.27. The maximum absolute atomic E-state index is 2.40. The van der Waals surface area contributed by atoms with Crippen LogP contribution in [-0.2, 0) is 0 Å². The molecule has 24 aromatic rings. The lowest BCUT2D eigenvalue weighted by atomic mass is 9.95. The number of hydrogen-bond donors (Lipinski definition) is 0. The second-order valence-corrected chi connectivity index (χ2v) is 38.3. The SMILES string of the molecule is Cc1cc(C)cc(-c2cc(-c3ccccc3)cc(N(c3ccc(-c4ccccc4)cc3)c3ccc(-c4ccc(N(c5ccc(-c6ccccc6)cc5)c5ccc(-c6cccc7ccccc67)cc5)cc4)cc3)c2)c1.Cc1cc(C)cc(-c2cccc(-c3cccc(N(c4ccc(-c5ccc(N(c6ccc(-c7ccccc7)cc6)c6ccc(-c7ccccc7)cc6)cc5)cc4)c4ccc(-c5cccc6ccccc56)cc4)c3)c2)c1. The predicted octanol–water partition coefficient (Wildman–Crippen LogP) is 40.8. The Bertz CT molecular complexity index is 8610. The van der Waals surface area contributed by atoms with Crippen LogP contribution in [0.1, 0.15) is 22.3 Å². The Kier molecular flexibility index (Phi) is 26.5. The van der Waals surface area contributed by atoms with E-state index >= 15 is 0 Å². The molecule has 0 saturated heterocycles. The highest BCUT2D eigenvalue weighted by atomic mass is 15.2. The van der Waals surface area contributed by atoms with E-state index in [-0.39, 0.29) is 0 Å². The third kappa shape index (κ3) is 20.3. The first-order valence-electron chi connectivity index (χ1n) is 50.9. The van der Waals surface area contributed by atoms with Crippen LogP contribution in [-0.4, -0.2) is 0 Å². The molecule has 4 nitrogen and oxygen atoms in total. The molecule has 0 amide bonds. The molecule has 0 radical (unpaired) electrons. The molecule has 0 unspecified atom stereocenters. The average Bonchev–Trinajstić information content (AvgIpc) is 0.794. The highest BCUT2D eigenvalue weighted by Crippen LogP contribution is 2.48. The van der Waals surface area contributed by atoms with Crippen LogP contribution in [0.4, 0.5) is 68.2 Å². The molecule has 0 fully saturated rings. The van der Waals surface area contributed by atoms with Gasteiger partial charge in [0.1, 0.15) is 0 Å². The van der Waals surface area contributed by atoms with Gasteiger partial charge in [-0.25, -0.2) is 0 Å². The first-order chi connectivity index (χ1) is 72.9. The summed E-state index contributed by atoms with van der Waals surface area (Å²) >= 11 is 0. The van der Waals surface area contributed by atoms with Crippen molar-refractivity contribution in [2.45, 2.75) is 27.7 Å². The van der Waals surface area contributed by atoms with Gasteiger partial charge in [0.15, 0.2) is 0 Å². The van der Waals surface area contributed by atoms with E-state index in [0.717, 1.165) is 96.1 Å². The fourth-order valence-electron chi connectivity index (χ4n) is 21.0. The predicted molar refractivity (Wildman–Crippen MR) is 631 cm³/mol. The minimum atomic E-state index is 1.08. The average molecular weight is 1890 g/mol. The standard InChI is InChI=1S/2C72H54N2/c1-51-45-52(2)47-62(46-51)64-48-63(55-19-10-5-11-20-55)49-70(50-64)74(68-39-27-57(28-40-68)54-17-8-4-9-18-54)69-41-31-59(32-42-69)58-29-37-66(38-30-58)73(65-35-25-56(26-36-65)53-15-6-3-7-16-53)67-43-33-61(34-44-67)72-24-14-22-60-21-12-13-23-71(60)72;1-51-46-52(2)48-64(47-51)62-21-11-20-61(49-62)63-22-12-23-70(50-63)74(69-44-34-60(35-45-69)72-25-13-19-59-18-9-10-24-71(59)72)68-42-32-58(33-43-68)57-30-40-67(41-31-57)73(65-36-26-55(27-37-65)53-14-5-3-6-15-53)66-38-28-56(29-39-66)54-16-7-4-8-17-54/h2*3-50H,1-2H3. The zero-order chi connectivity index (χ0) is 99.6. The summed E-state index contributed by atoms with van der Waals surface area (Å²) in [4.78, 5) is 9.47. The molecule has 0 saturated carbocycles. The van der Waals surface area contributed by atoms with Crippen molar-refractivity contribution >= 4 is 89.8 Å². The van der Waals surface area contributed by atoms with Crippen molar-refractivity contribution in [2.24, 2.45) is 0 Å². The van der Waals surface area contributed by atoms with E-state index in [0.29, 0.717) is 0 Å². The molecule has 704 valence electrons. The molecule has 0 atom stereocenters. The van der Waals surface area contributed by atoms with Gasteiger partial charge in [-0.15, -0.1) is 0 Å². The second kappa shape index (κ2) is 42.3. The van der Waals surface area contributed by atoms with Crippen LogP contribution in [0.15, 0.2) is 582 Å². The summed E-state index contributed by atoms with van der Waals surface area (Å²) in [6.07, 6.45) is 0. The van der Waals surface area contributed by atoms with Crippen molar-refractivity contribution in [3.63, 3.8) is 0 Å². The van der Waals surface area contributed by atoms with Gasteiger partial charge in [-0.1, -0.05) is 447 Å². The molecular formula is C144H108N4. The first kappa shape index (κ1) is 92.7. The zero-order valence-corrected chi connectivity index (χ0v) is 83.2. The van der Waals surface area contributed by atoms with Crippen molar-refractivity contribution < 1.29 is 0 Å². The summed E-state index contributed by atoms with van der Waals surface area (Å²) in [5, 5.41) is 4.99. The summed E-state index contributed by atoms with van der Waals surface area (Å²) in [6, 6.07) is 212. The highest BCUT2D eigenvalue weighted by Gasteiger charge is 2.23. The highest BCUT2D eigenvalue weighted by molar-refractivity contribution is 6.00. The Morgan fingerprint density at radius 3 is 0.574 bits per heavy atom. The summed E-state index contributed by atoms with van der Waals surface area (Å²) in [6.45, 7) is 8.70. The summed E-state index contributed by atoms with van der Waals surface area (Å²) < 4.78 is 0. The van der Waals surface area contributed by atoms with E-state index in [9.17, 15) is 0 Å². The number of benzene rings is 24. The van der Waals surface area contributed by atoms with E-state index < -0.39 is 0 Å². The van der Waals surface area contributed by atoms with Gasteiger partial charge in [0, 0.05) is 68.2 Å². The van der Waals surface area contributed by atoms with E-state index in [4.69, 9.17) is 0 Å². The van der Waals surface area contributed by atoms with Crippen molar-refractivity contribution in [1.29, 1.82) is 0 Å². The fourth-order valence-corrected chi connectivity index (χ4v) is 21.0. The molecule has 0 heterocycles. The van der Waals surface area contributed by atoms with Crippen LogP contribution >= 0.6 is 0 Å². The van der Waals surface area contributed by atoms with Gasteiger partial charge in [0.25, 0.3) is 0 Å². The third-order valence-corrected chi connectivity index (χ3v) is 28.2. The third-order valence-electron chi connectivity index (χ3n) is 28.2. The molecule has 0 aliphatic rings. The largest absolute Gasteiger partial charge is 0.311 e. The summed E-state index contributed by atoms with van der Waals surface area (Å²) in [5.74, 6) is 0. The molecule has 0 aliphatic carbocycles. The Hall–Kier alpha value is -19.0. The number of fused-ring (bicyclic) bond motifs is 2. The Balaban J connectivity index is 0.000000163. The first-order valence-corrected chi connectivity index (χ1v) is 50.9. The molecule has 148 heavy (non-hydrogen) atoms. The molecule has 0 N–H and O–H groups in total. The number of anilines is 12. The summed E-state index contributed by atoms with van der Waals surface area (Å²) in [5.41, 5.74) is 46.6. The smallest absolute Gasteiger partial charge is 0.0473 e. The quantitative estimate of drug-likeness (QED) is 0.0598. The van der Waals surface area contributed by atoms with Crippen LogP contribution in [0.25, 0.3) is 155 Å². The molecule has 0 bridgehead atoms. The lowest BCUT2D eigenvalue weighted by Crippen LogP contribution is -2.10. The molecule has 0 aromatic heterocycles. The van der Waals surface area contributed by atoms with Crippen LogP contribution in [0, 0.1) is 27.7 Å². The van der Waals surface area contributed by atoms with Gasteiger partial charge in [-0.2, -0.15) is 0 Å². The van der Waals surface area contributed by atoms with Crippen molar-refractivity contribution in [3.8, 4) is 134 Å². The Labute approximate surface area is 868 Å². The minimum Gasteiger partial charge on any atom is -0.311 e. The lowest BCUT2D eigenvalue weighted by molar-refractivity contribution is 1.28. The maximum atomic E-state index is 2.40. The Morgan fingerprint density at radius 1 is 0.101 bits per heavy atom. The molecule has 0 aliphatic heterocycles. The molecule has 24 aromatic carbocycles. The second-order valence-electron chi connectivity index (χ2n) is 38.3. The Morgan fingerprint density at radius 2 is 0.277 bits per heavy atom. The maximum Gasteiger partial charge on any atom is 0.0473 e. The van der Waals surface area contributed by atoms with Gasteiger partial charge in [-0.05, 0) is 340 Å². The molecule has 0 spiro atoms. The number of rotatable bonds is 24. The van der Waals surface area contributed by atoms with Crippen LogP contribution in [0.3, 0.4) is 0 Å². The van der Waals surface area contributed by atoms with Gasteiger partial charge < -0.3 is 19.6 Å². The van der Waals surface area contributed by atoms with Crippen molar-refractivity contribution in [3.05, 3.63) is 605 Å². The number of nitrogens with zero attached hydrogens (tertiary/aromatic N) is 4. The molecule has 24 rings (SSSR count). The van der Waals surface area contributed by atoms with Crippen molar-refractivity contribution in [1.82, 2.24) is 0 Å². The van der Waals surface area contributed by atoms with E-state index in [2.05, 4.69) is 630 Å². The van der Waals surface area contributed by atoms with Crippen LogP contribution in [0.5, 0.6) is 0 Å². The van der Waals surface area contributed by atoms with Gasteiger partial charge >= 0.3 is 0 Å². The molecular weight excluding hydrogens is 1790 g/mol. The topological polar surface area (TPSA) is 13.0 Å². The summed E-state index contributed by atoms with van der Waals surface area (Å²) in [7, 11) is 0. The minimum absolute atomic E-state index is 1.08. The van der Waals surface area contributed by atoms with E-state index in [1.54, 1.807) is 0 Å². The van der Waals surface area contributed by atoms with Crippen LogP contribution in [0.2, 0.25) is 0 Å². The van der Waals surface area contributed by atoms with Crippen molar-refractivity contribution in [2.75, 3.05) is 19.6 Å². The zero-order valence-electron chi connectivity index (χ0n) is 83.2. The van der Waals surface area contributed by atoms with Gasteiger partial charge in [0.05, 0.1) is 0 Å². The van der Waals surface area contributed by atoms with Gasteiger partial charge in [0.2, 0.25) is 0 Å². The van der Waals surface area contributed by atoms with E-state index in [1.165, 1.54) is 150 Å². The number of aryl methyl sites for hydroxylation is 4. The van der Waals surface area contributed by atoms with Gasteiger partial charge in [-0.3, -0.25) is 0 Å². The van der Waals surface area contributed by atoms with E-state index in [1.807, 2.05) is 0 Å².